The number of aromatic hydroxyl groups is 1. The van der Waals surface area contributed by atoms with Crippen molar-refractivity contribution in [2.24, 2.45) is 28.6 Å². The molecular weight excluding hydrogens is 492 g/mol. The van der Waals surface area contributed by atoms with Crippen molar-refractivity contribution in [3.63, 3.8) is 0 Å². The fourth-order valence-corrected chi connectivity index (χ4v) is 9.09. The number of aliphatic hydroxyl groups is 2. The summed E-state index contributed by atoms with van der Waals surface area (Å²) in [6.07, 6.45) is 5.84. The van der Waals surface area contributed by atoms with Gasteiger partial charge >= 0.3 is 0 Å². The fraction of sp³-hybridized carbons (Fsp3) is 0.545. The number of rotatable bonds is 3. The third-order valence-corrected chi connectivity index (χ3v) is 11.2. The van der Waals surface area contributed by atoms with Crippen molar-refractivity contribution < 1.29 is 29.7 Å². The number of allylic oxidation sites excluding steroid dienone is 3. The molecule has 6 heteroatoms. The van der Waals surface area contributed by atoms with Gasteiger partial charge in [0.05, 0.1) is 11.1 Å². The van der Waals surface area contributed by atoms with Crippen LogP contribution in [0.4, 0.5) is 0 Å². The number of fused-ring (bicyclic) bond motifs is 3. The summed E-state index contributed by atoms with van der Waals surface area (Å²) in [4.78, 5) is 41.4. The van der Waals surface area contributed by atoms with Crippen molar-refractivity contribution in [1.29, 1.82) is 0 Å². The molecule has 4 aliphatic carbocycles. The van der Waals surface area contributed by atoms with Crippen LogP contribution < -0.4 is 0 Å². The molecule has 0 bridgehead atoms. The third kappa shape index (κ3) is 3.04. The molecule has 1 fully saturated rings. The summed E-state index contributed by atoms with van der Waals surface area (Å²) >= 11 is 0. The van der Waals surface area contributed by atoms with Crippen molar-refractivity contribution in [2.45, 2.75) is 85.7 Å². The molecule has 5 rings (SSSR count). The Hall–Kier alpha value is -2.99. The Balaban J connectivity index is 1.84. The zero-order valence-electron chi connectivity index (χ0n) is 24.2. The number of aliphatic hydroxyl groups excluding tert-OH is 1. The fourth-order valence-electron chi connectivity index (χ4n) is 9.09. The molecule has 0 amide bonds. The Morgan fingerprint density at radius 2 is 1.67 bits per heavy atom. The van der Waals surface area contributed by atoms with Gasteiger partial charge in [-0.25, -0.2) is 0 Å². The summed E-state index contributed by atoms with van der Waals surface area (Å²) in [6.45, 7) is 14.7. The predicted molar refractivity (Wildman–Crippen MR) is 149 cm³/mol. The zero-order valence-corrected chi connectivity index (χ0v) is 24.2. The van der Waals surface area contributed by atoms with E-state index in [9.17, 15) is 29.7 Å². The summed E-state index contributed by atoms with van der Waals surface area (Å²) < 4.78 is 0. The van der Waals surface area contributed by atoms with Gasteiger partial charge in [0.25, 0.3) is 0 Å². The molecule has 0 aromatic heterocycles. The number of phenolic OH excluding ortho intramolecular Hbond substituents is 1. The maximum atomic E-state index is 14.6. The average molecular weight is 533 g/mol. The van der Waals surface area contributed by atoms with Crippen molar-refractivity contribution in [1.82, 2.24) is 0 Å². The smallest absolute Gasteiger partial charge is 0.206 e. The highest BCUT2D eigenvalue weighted by molar-refractivity contribution is 6.33. The van der Waals surface area contributed by atoms with Crippen molar-refractivity contribution in [3.8, 4) is 5.75 Å². The lowest BCUT2D eigenvalue weighted by Crippen LogP contribution is -2.74. The van der Waals surface area contributed by atoms with Gasteiger partial charge in [-0.1, -0.05) is 71.4 Å². The maximum absolute atomic E-state index is 14.6. The molecule has 4 aliphatic rings. The Kier molecular flexibility index (Phi) is 6.01. The largest absolute Gasteiger partial charge is 0.507 e. The number of Topliss-reactive ketones (excluding diaryl/α,β-unsaturated/α-hetero) is 3. The molecule has 0 spiro atoms. The summed E-state index contributed by atoms with van der Waals surface area (Å²) in [6, 6.07) is 3.85. The second-order valence-electron chi connectivity index (χ2n) is 13.0. The number of hydrogen-bond acceptors (Lipinski definition) is 6. The molecular formula is C33H40O6. The van der Waals surface area contributed by atoms with Crippen LogP contribution in [0.15, 0.2) is 41.0 Å². The Morgan fingerprint density at radius 1 is 1.05 bits per heavy atom. The molecule has 7 atom stereocenters. The first-order valence-electron chi connectivity index (χ1n) is 14.1. The topological polar surface area (TPSA) is 112 Å². The van der Waals surface area contributed by atoms with Gasteiger partial charge in [-0.2, -0.15) is 0 Å². The van der Waals surface area contributed by atoms with Crippen LogP contribution in [0.2, 0.25) is 0 Å². The number of phenols is 1. The molecule has 1 aromatic rings. The van der Waals surface area contributed by atoms with Crippen LogP contribution in [0.5, 0.6) is 5.75 Å². The van der Waals surface area contributed by atoms with Crippen LogP contribution in [0.1, 0.15) is 96.8 Å². The van der Waals surface area contributed by atoms with E-state index in [-0.39, 0.29) is 46.0 Å². The number of hydrogen-bond donors (Lipinski definition) is 3. The van der Waals surface area contributed by atoms with Crippen LogP contribution in [0, 0.1) is 28.6 Å². The van der Waals surface area contributed by atoms with Crippen LogP contribution in [0.3, 0.4) is 0 Å². The van der Waals surface area contributed by atoms with Gasteiger partial charge < -0.3 is 15.3 Å². The summed E-state index contributed by atoms with van der Waals surface area (Å²) in [5.41, 5.74) is -2.71. The van der Waals surface area contributed by atoms with E-state index in [2.05, 4.69) is 6.08 Å². The van der Waals surface area contributed by atoms with Gasteiger partial charge in [0.15, 0.2) is 11.4 Å². The van der Waals surface area contributed by atoms with Crippen molar-refractivity contribution in [3.05, 3.63) is 57.7 Å². The molecule has 0 radical (unpaired) electrons. The second kappa shape index (κ2) is 8.50. The summed E-state index contributed by atoms with van der Waals surface area (Å²) in [5.74, 6) is -4.00. The number of ketones is 3. The monoisotopic (exact) mass is 532 g/mol. The van der Waals surface area contributed by atoms with Gasteiger partial charge in [0.1, 0.15) is 11.5 Å². The number of benzene rings is 1. The lowest BCUT2D eigenvalue weighted by molar-refractivity contribution is -0.194. The van der Waals surface area contributed by atoms with E-state index in [4.69, 9.17) is 0 Å². The molecule has 1 saturated carbocycles. The Morgan fingerprint density at radius 3 is 2.21 bits per heavy atom. The van der Waals surface area contributed by atoms with Crippen LogP contribution in [-0.4, -0.2) is 38.3 Å². The first kappa shape index (κ1) is 27.6. The summed E-state index contributed by atoms with van der Waals surface area (Å²) in [7, 11) is 0. The Bertz CT molecular complexity index is 1430. The molecule has 0 aliphatic heterocycles. The van der Waals surface area contributed by atoms with Gasteiger partial charge in [-0.3, -0.25) is 14.4 Å². The van der Waals surface area contributed by atoms with E-state index in [1.807, 2.05) is 52.8 Å². The van der Waals surface area contributed by atoms with Gasteiger partial charge in [-0.15, -0.1) is 0 Å². The number of carbonyl (C=O) groups is 3. The highest BCUT2D eigenvalue weighted by Gasteiger charge is 2.75. The van der Waals surface area contributed by atoms with E-state index in [0.717, 1.165) is 18.4 Å². The lowest BCUT2D eigenvalue weighted by atomic mass is 9.37. The molecule has 3 N–H and O–H groups in total. The van der Waals surface area contributed by atoms with Crippen molar-refractivity contribution >= 4 is 23.1 Å². The summed E-state index contributed by atoms with van der Waals surface area (Å²) in [5, 5.41) is 35.7. The standard InChI is InChI=1S/C33H40O6/c1-15(2)25-16(3)23(18(5)34)29(37)33(39)30(38)26-28(36)24-21(17(4)31(26,7)19(6)32(25,33)8)13-14-22(27(24)35)20-11-9-10-12-20/h9,11,13-15,17,19-20,25,35-36,39H,10,12H2,1-8H3/t17-,19-,20?,25+,31-,32-,33+/m0/s1. The Labute approximate surface area is 230 Å². The van der Waals surface area contributed by atoms with E-state index in [1.54, 1.807) is 13.8 Å². The minimum absolute atomic E-state index is 0.00290. The van der Waals surface area contributed by atoms with Crippen LogP contribution >= 0.6 is 0 Å². The van der Waals surface area contributed by atoms with Gasteiger partial charge in [0.2, 0.25) is 11.6 Å². The minimum atomic E-state index is -2.54. The molecule has 6 nitrogen and oxygen atoms in total. The van der Waals surface area contributed by atoms with E-state index < -0.39 is 45.6 Å². The predicted octanol–water partition coefficient (Wildman–Crippen LogP) is 5.93. The first-order chi connectivity index (χ1) is 18.1. The molecule has 0 heterocycles. The average Bonchev–Trinajstić information content (AvgIpc) is 3.38. The SMILES string of the molecule is CC(=O)C1=C(C)[C@@H](C(C)C)[C@]2(C)[C@@H](C)[C@@]3(C)C(=C(O)c4c(ccc(C5C=CCC5)c4O)[C@@H]3C)C(=O)[C@]2(O)C1=O. The second-order valence-corrected chi connectivity index (χ2v) is 13.0. The molecule has 39 heavy (non-hydrogen) atoms. The normalized spacial score (nSPS) is 37.8. The highest BCUT2D eigenvalue weighted by atomic mass is 16.3. The van der Waals surface area contributed by atoms with E-state index in [1.165, 1.54) is 6.92 Å². The molecule has 1 unspecified atom stereocenters. The quantitative estimate of drug-likeness (QED) is 0.253. The zero-order chi connectivity index (χ0) is 29.0. The number of carbonyl (C=O) groups excluding carboxylic acids is 3. The van der Waals surface area contributed by atoms with Crippen LogP contribution in [-0.2, 0) is 14.4 Å². The molecule has 208 valence electrons. The van der Waals surface area contributed by atoms with E-state index >= 15 is 0 Å². The first-order valence-corrected chi connectivity index (χ1v) is 14.1. The maximum Gasteiger partial charge on any atom is 0.206 e. The van der Waals surface area contributed by atoms with E-state index in [0.29, 0.717) is 11.1 Å². The van der Waals surface area contributed by atoms with Crippen molar-refractivity contribution in [2.75, 3.05) is 0 Å². The molecule has 0 saturated heterocycles. The van der Waals surface area contributed by atoms with Gasteiger partial charge in [0, 0.05) is 27.9 Å². The third-order valence-electron chi connectivity index (χ3n) is 11.2. The minimum Gasteiger partial charge on any atom is -0.507 e. The van der Waals surface area contributed by atoms with Crippen LogP contribution in [0.25, 0.3) is 5.76 Å². The highest BCUT2D eigenvalue weighted by Crippen LogP contribution is 2.70. The molecule has 1 aromatic carbocycles. The lowest BCUT2D eigenvalue weighted by Gasteiger charge is -2.65. The van der Waals surface area contributed by atoms with Gasteiger partial charge in [-0.05, 0) is 55.9 Å².